The highest BCUT2D eigenvalue weighted by molar-refractivity contribution is 6.04. The van der Waals surface area contributed by atoms with Crippen molar-refractivity contribution >= 4 is 22.4 Å². The molecule has 3 aromatic rings. The van der Waals surface area contributed by atoms with Crippen molar-refractivity contribution in [1.82, 2.24) is 4.98 Å². The molecule has 26 heavy (non-hydrogen) atoms. The molecule has 2 unspecified atom stereocenters. The Kier molecular flexibility index (Phi) is 4.03. The molecule has 1 aliphatic carbocycles. The molecule has 1 aromatic heterocycles. The SMILES string of the molecule is CC1=C(N=Nc2c(C)[nH]c3ccccc23)C(=O)C(c2ccccc2)C1C. The molecule has 0 fully saturated rings. The first-order chi connectivity index (χ1) is 12.6. The van der Waals surface area contributed by atoms with Crippen molar-refractivity contribution in [3.63, 3.8) is 0 Å². The summed E-state index contributed by atoms with van der Waals surface area (Å²) in [7, 11) is 0. The van der Waals surface area contributed by atoms with E-state index in [0.29, 0.717) is 5.70 Å². The van der Waals surface area contributed by atoms with Gasteiger partial charge in [-0.15, -0.1) is 10.2 Å². The number of carbonyl (C=O) groups is 1. The molecule has 0 spiro atoms. The summed E-state index contributed by atoms with van der Waals surface area (Å²) in [5.41, 5.74) is 5.31. The van der Waals surface area contributed by atoms with Gasteiger partial charge < -0.3 is 4.98 Å². The molecule has 0 radical (unpaired) electrons. The Hall–Kier alpha value is -3.01. The van der Waals surface area contributed by atoms with Gasteiger partial charge in [0.25, 0.3) is 0 Å². The second kappa shape index (κ2) is 6.37. The predicted molar refractivity (Wildman–Crippen MR) is 104 cm³/mol. The van der Waals surface area contributed by atoms with Gasteiger partial charge >= 0.3 is 0 Å². The van der Waals surface area contributed by atoms with Crippen LogP contribution in [0.2, 0.25) is 0 Å². The van der Waals surface area contributed by atoms with Crippen molar-refractivity contribution in [2.75, 3.05) is 0 Å². The van der Waals surface area contributed by atoms with Crippen LogP contribution in [0.1, 0.15) is 31.0 Å². The van der Waals surface area contributed by atoms with Crippen LogP contribution in [-0.4, -0.2) is 10.8 Å². The zero-order valence-electron chi connectivity index (χ0n) is 15.2. The number of aromatic amines is 1. The van der Waals surface area contributed by atoms with Crippen LogP contribution in [0.4, 0.5) is 5.69 Å². The summed E-state index contributed by atoms with van der Waals surface area (Å²) in [5, 5.41) is 9.87. The van der Waals surface area contributed by atoms with Crippen molar-refractivity contribution < 1.29 is 4.79 Å². The number of carbonyl (C=O) groups excluding carboxylic acids is 1. The predicted octanol–water partition coefficient (Wildman–Crippen LogP) is 5.84. The Labute approximate surface area is 152 Å². The lowest BCUT2D eigenvalue weighted by molar-refractivity contribution is -0.116. The molecular weight excluding hydrogens is 322 g/mol. The van der Waals surface area contributed by atoms with Crippen molar-refractivity contribution in [3.8, 4) is 0 Å². The van der Waals surface area contributed by atoms with E-state index in [1.807, 2.05) is 68.4 Å². The molecule has 0 bridgehead atoms. The lowest BCUT2D eigenvalue weighted by Crippen LogP contribution is -2.13. The maximum Gasteiger partial charge on any atom is 0.191 e. The van der Waals surface area contributed by atoms with Crippen LogP contribution >= 0.6 is 0 Å². The summed E-state index contributed by atoms with van der Waals surface area (Å²) < 4.78 is 0. The second-order valence-corrected chi connectivity index (χ2v) is 6.92. The Balaban J connectivity index is 1.70. The molecule has 1 aliphatic rings. The van der Waals surface area contributed by atoms with Gasteiger partial charge in [0.2, 0.25) is 0 Å². The van der Waals surface area contributed by atoms with Crippen molar-refractivity contribution in [2.45, 2.75) is 26.7 Å². The zero-order valence-corrected chi connectivity index (χ0v) is 15.2. The average Bonchev–Trinajstić information content (AvgIpc) is 3.08. The first kappa shape index (κ1) is 16.5. The third kappa shape index (κ3) is 2.58. The molecule has 1 heterocycles. The Morgan fingerprint density at radius 2 is 1.62 bits per heavy atom. The van der Waals surface area contributed by atoms with Crippen LogP contribution in [-0.2, 0) is 4.79 Å². The van der Waals surface area contributed by atoms with Crippen LogP contribution < -0.4 is 0 Å². The van der Waals surface area contributed by atoms with E-state index in [0.717, 1.165) is 33.4 Å². The van der Waals surface area contributed by atoms with E-state index in [-0.39, 0.29) is 17.6 Å². The van der Waals surface area contributed by atoms with Crippen molar-refractivity contribution in [2.24, 2.45) is 16.1 Å². The number of azo groups is 1. The highest BCUT2D eigenvalue weighted by atomic mass is 16.1. The smallest absolute Gasteiger partial charge is 0.191 e. The summed E-state index contributed by atoms with van der Waals surface area (Å²) in [4.78, 5) is 16.3. The molecule has 0 amide bonds. The van der Waals surface area contributed by atoms with Gasteiger partial charge in [-0.25, -0.2) is 0 Å². The van der Waals surface area contributed by atoms with Gasteiger partial charge in [-0.05, 0) is 37.0 Å². The number of nitrogens with zero attached hydrogens (tertiary/aromatic N) is 2. The van der Waals surface area contributed by atoms with Gasteiger partial charge in [-0.3, -0.25) is 4.79 Å². The quantitative estimate of drug-likeness (QED) is 0.597. The lowest BCUT2D eigenvalue weighted by atomic mass is 9.87. The number of H-pyrrole nitrogens is 1. The maximum atomic E-state index is 13.0. The lowest BCUT2D eigenvalue weighted by Gasteiger charge is -2.15. The Morgan fingerprint density at radius 3 is 2.38 bits per heavy atom. The standard InChI is InChI=1S/C22H21N3O/c1-13-14(2)20(22(26)19(13)16-9-5-4-6-10-16)24-25-21-15(3)23-18-12-8-7-11-17(18)21/h4-13,19,23H,1-3H3. The number of ketones is 1. The Morgan fingerprint density at radius 1 is 0.923 bits per heavy atom. The van der Waals surface area contributed by atoms with Crippen LogP contribution in [0.5, 0.6) is 0 Å². The van der Waals surface area contributed by atoms with Crippen molar-refractivity contribution in [3.05, 3.63) is 77.1 Å². The maximum absolute atomic E-state index is 13.0. The highest BCUT2D eigenvalue weighted by Gasteiger charge is 2.38. The number of nitrogens with one attached hydrogen (secondary N) is 1. The van der Waals surface area contributed by atoms with Crippen LogP contribution in [0.15, 0.2) is 76.1 Å². The van der Waals surface area contributed by atoms with Gasteiger partial charge in [0, 0.05) is 16.6 Å². The number of Topliss-reactive ketones (excluding diaryl/α,β-unsaturated/α-hetero) is 1. The van der Waals surface area contributed by atoms with E-state index in [2.05, 4.69) is 22.1 Å². The third-order valence-corrected chi connectivity index (χ3v) is 5.34. The van der Waals surface area contributed by atoms with Gasteiger partial charge in [-0.1, -0.05) is 55.5 Å². The van der Waals surface area contributed by atoms with E-state index < -0.39 is 0 Å². The molecule has 4 heteroatoms. The second-order valence-electron chi connectivity index (χ2n) is 6.92. The molecule has 2 atom stereocenters. The third-order valence-electron chi connectivity index (χ3n) is 5.34. The summed E-state index contributed by atoms with van der Waals surface area (Å²) in [5.74, 6) is 0.0135. The number of benzene rings is 2. The van der Waals surface area contributed by atoms with Gasteiger partial charge in [0.1, 0.15) is 11.4 Å². The van der Waals surface area contributed by atoms with E-state index in [9.17, 15) is 4.79 Å². The fourth-order valence-corrected chi connectivity index (χ4v) is 3.75. The fourth-order valence-electron chi connectivity index (χ4n) is 3.75. The molecule has 1 N–H and O–H groups in total. The highest BCUT2D eigenvalue weighted by Crippen LogP contribution is 2.41. The number of hydrogen-bond acceptors (Lipinski definition) is 3. The number of rotatable bonds is 3. The van der Waals surface area contributed by atoms with Crippen LogP contribution in [0.25, 0.3) is 10.9 Å². The number of para-hydroxylation sites is 1. The number of allylic oxidation sites excluding steroid dienone is 2. The van der Waals surface area contributed by atoms with Gasteiger partial charge in [0.15, 0.2) is 5.78 Å². The van der Waals surface area contributed by atoms with Crippen molar-refractivity contribution in [1.29, 1.82) is 0 Å². The summed E-state index contributed by atoms with van der Waals surface area (Å²) >= 11 is 0. The molecule has 0 saturated carbocycles. The molecule has 130 valence electrons. The largest absolute Gasteiger partial charge is 0.357 e. The summed E-state index contributed by atoms with van der Waals surface area (Å²) in [6.07, 6.45) is 0. The Bertz CT molecular complexity index is 1040. The van der Waals surface area contributed by atoms with E-state index >= 15 is 0 Å². The van der Waals surface area contributed by atoms with Crippen LogP contribution in [0.3, 0.4) is 0 Å². The van der Waals surface area contributed by atoms with E-state index in [1.54, 1.807) is 0 Å². The zero-order chi connectivity index (χ0) is 18.3. The normalized spacial score (nSPS) is 20.7. The molecule has 4 nitrogen and oxygen atoms in total. The number of fused-ring (bicyclic) bond motifs is 1. The van der Waals surface area contributed by atoms with Gasteiger partial charge in [0.05, 0.1) is 5.92 Å². The average molecular weight is 343 g/mol. The topological polar surface area (TPSA) is 57.6 Å². The van der Waals surface area contributed by atoms with Crippen LogP contribution in [0, 0.1) is 12.8 Å². The number of aryl methyl sites for hydroxylation is 1. The minimum atomic E-state index is -0.172. The molecule has 4 rings (SSSR count). The molecule has 0 aliphatic heterocycles. The first-order valence-electron chi connectivity index (χ1n) is 8.87. The number of aromatic nitrogens is 1. The minimum absolute atomic E-state index is 0.0578. The monoisotopic (exact) mass is 343 g/mol. The summed E-state index contributed by atoms with van der Waals surface area (Å²) in [6, 6.07) is 17.9. The van der Waals surface area contributed by atoms with E-state index in [1.165, 1.54) is 0 Å². The molecule has 0 saturated heterocycles. The summed E-state index contributed by atoms with van der Waals surface area (Å²) in [6.45, 7) is 6.05. The van der Waals surface area contributed by atoms with E-state index in [4.69, 9.17) is 0 Å². The van der Waals surface area contributed by atoms with Gasteiger partial charge in [-0.2, -0.15) is 0 Å². The number of hydrogen-bond donors (Lipinski definition) is 1. The molecular formula is C22H21N3O. The minimum Gasteiger partial charge on any atom is -0.357 e. The first-order valence-corrected chi connectivity index (χ1v) is 8.87. The fraction of sp³-hybridized carbons (Fsp3) is 0.227. The molecule has 2 aromatic carbocycles.